The average Bonchev–Trinajstić information content (AvgIpc) is 3.24. The third kappa shape index (κ3) is 5.77. The van der Waals surface area contributed by atoms with Gasteiger partial charge in [0.05, 0.1) is 30.8 Å². The van der Waals surface area contributed by atoms with Gasteiger partial charge in [-0.05, 0) is 60.2 Å². The Bertz CT molecular complexity index is 1250. The van der Waals surface area contributed by atoms with Gasteiger partial charge in [0, 0.05) is 23.0 Å². The van der Waals surface area contributed by atoms with E-state index in [9.17, 15) is 9.59 Å². The Hall–Kier alpha value is -3.23. The Morgan fingerprint density at radius 1 is 1.19 bits per heavy atom. The predicted octanol–water partition coefficient (Wildman–Crippen LogP) is 5.72. The van der Waals surface area contributed by atoms with Crippen LogP contribution in [0.15, 0.2) is 75.9 Å². The Labute approximate surface area is 220 Å². The van der Waals surface area contributed by atoms with Gasteiger partial charge in [-0.25, -0.2) is 4.99 Å². The fourth-order valence-corrected chi connectivity index (χ4v) is 5.23. The molecule has 0 aliphatic carbocycles. The lowest BCUT2D eigenvalue weighted by atomic mass is 9.93. The smallest absolute Gasteiger partial charge is 0.255 e. The van der Waals surface area contributed by atoms with E-state index >= 15 is 0 Å². The summed E-state index contributed by atoms with van der Waals surface area (Å²) in [6.07, 6.45) is 0.183. The van der Waals surface area contributed by atoms with Crippen molar-refractivity contribution < 1.29 is 14.3 Å². The Morgan fingerprint density at radius 2 is 1.94 bits per heavy atom. The summed E-state index contributed by atoms with van der Waals surface area (Å²) in [4.78, 5) is 33.1. The molecule has 2 amide bonds. The van der Waals surface area contributed by atoms with Gasteiger partial charge in [-0.3, -0.25) is 9.59 Å². The number of ether oxygens (including phenoxy) is 1. The standard InChI is InChI=1S/C27H29ClN4O3S/c1-16(2)14-29-23(33)13-21-15-36-27-30-17(3)24(25(32(21)27)18-6-5-7-19(28)12-18)26(34)31-20-8-10-22(35-4)11-9-20/h5-12,15-16,25H,13-14H2,1-4H3,(H,29,33)(H,31,34)/t25-/m1/s1. The number of hydrogen-bond acceptors (Lipinski definition) is 6. The minimum absolute atomic E-state index is 0.0721. The van der Waals surface area contributed by atoms with Crippen molar-refractivity contribution in [3.8, 4) is 5.75 Å². The number of hydrogen-bond donors (Lipinski definition) is 2. The highest BCUT2D eigenvalue weighted by Gasteiger charge is 2.40. The Kier molecular flexibility index (Phi) is 8.06. The second-order valence-corrected chi connectivity index (χ2v) is 10.3. The van der Waals surface area contributed by atoms with Gasteiger partial charge < -0.3 is 20.3 Å². The number of anilines is 1. The summed E-state index contributed by atoms with van der Waals surface area (Å²) < 4.78 is 5.21. The summed E-state index contributed by atoms with van der Waals surface area (Å²) in [5, 5.41) is 9.19. The van der Waals surface area contributed by atoms with Gasteiger partial charge >= 0.3 is 0 Å². The number of aliphatic imine (C=N–C) groups is 1. The quantitative estimate of drug-likeness (QED) is 0.461. The summed E-state index contributed by atoms with van der Waals surface area (Å²) in [6, 6.07) is 14.1. The van der Waals surface area contributed by atoms with Crippen molar-refractivity contribution in [1.82, 2.24) is 10.2 Å². The number of carbonyl (C=O) groups excluding carboxylic acids is 2. The van der Waals surface area contributed by atoms with Crippen molar-refractivity contribution in [3.05, 3.63) is 81.5 Å². The molecule has 0 saturated heterocycles. The Balaban J connectivity index is 1.68. The van der Waals surface area contributed by atoms with Gasteiger partial charge in [0.2, 0.25) is 5.91 Å². The maximum Gasteiger partial charge on any atom is 0.255 e. The maximum absolute atomic E-state index is 13.7. The minimum atomic E-state index is -0.492. The van der Waals surface area contributed by atoms with Crippen LogP contribution < -0.4 is 15.4 Å². The molecule has 0 aromatic heterocycles. The van der Waals surface area contributed by atoms with Crippen molar-refractivity contribution >= 4 is 46.0 Å². The zero-order valence-corrected chi connectivity index (χ0v) is 22.2. The van der Waals surface area contributed by atoms with E-state index in [0.717, 1.165) is 16.4 Å². The molecule has 188 valence electrons. The van der Waals surface area contributed by atoms with Gasteiger partial charge in [-0.15, -0.1) is 0 Å². The minimum Gasteiger partial charge on any atom is -0.497 e. The molecule has 2 heterocycles. The van der Waals surface area contributed by atoms with E-state index in [-0.39, 0.29) is 18.2 Å². The van der Waals surface area contributed by atoms with Crippen LogP contribution in [0, 0.1) is 5.92 Å². The largest absolute Gasteiger partial charge is 0.497 e. The van der Waals surface area contributed by atoms with Gasteiger partial charge in [0.25, 0.3) is 5.91 Å². The summed E-state index contributed by atoms with van der Waals surface area (Å²) in [5.41, 5.74) is 3.37. The van der Waals surface area contributed by atoms with Crippen LogP contribution in [-0.4, -0.2) is 35.5 Å². The molecule has 7 nitrogen and oxygen atoms in total. The van der Waals surface area contributed by atoms with Crippen molar-refractivity contribution in [3.63, 3.8) is 0 Å². The number of fused-ring (bicyclic) bond motifs is 1. The van der Waals surface area contributed by atoms with Crippen LogP contribution in [0.5, 0.6) is 5.75 Å². The first-order valence-electron chi connectivity index (χ1n) is 11.7. The summed E-state index contributed by atoms with van der Waals surface area (Å²) in [5.74, 6) is 0.709. The van der Waals surface area contributed by atoms with Crippen LogP contribution >= 0.6 is 23.4 Å². The molecule has 4 rings (SSSR count). The van der Waals surface area contributed by atoms with E-state index < -0.39 is 6.04 Å². The first-order valence-corrected chi connectivity index (χ1v) is 12.9. The van der Waals surface area contributed by atoms with Crippen LogP contribution in [0.2, 0.25) is 5.02 Å². The van der Waals surface area contributed by atoms with Crippen LogP contribution in [0.4, 0.5) is 5.69 Å². The van der Waals surface area contributed by atoms with E-state index in [0.29, 0.717) is 40.2 Å². The highest BCUT2D eigenvalue weighted by molar-refractivity contribution is 8.16. The topological polar surface area (TPSA) is 83.0 Å². The molecule has 2 aromatic rings. The van der Waals surface area contributed by atoms with E-state index in [1.54, 1.807) is 37.4 Å². The monoisotopic (exact) mass is 524 g/mol. The van der Waals surface area contributed by atoms with Crippen LogP contribution in [0.25, 0.3) is 0 Å². The van der Waals surface area contributed by atoms with Crippen molar-refractivity contribution in [2.45, 2.75) is 33.2 Å². The summed E-state index contributed by atoms with van der Waals surface area (Å²) in [7, 11) is 1.59. The number of rotatable bonds is 8. The van der Waals surface area contributed by atoms with Gasteiger partial charge in [-0.2, -0.15) is 0 Å². The number of nitrogens with one attached hydrogen (secondary N) is 2. The van der Waals surface area contributed by atoms with Gasteiger partial charge in [0.15, 0.2) is 5.17 Å². The zero-order chi connectivity index (χ0) is 25.8. The number of methoxy groups -OCH3 is 1. The molecule has 2 N–H and O–H groups in total. The fraction of sp³-hybridized carbons (Fsp3) is 0.296. The molecule has 0 fully saturated rings. The zero-order valence-electron chi connectivity index (χ0n) is 20.7. The first-order chi connectivity index (χ1) is 17.3. The molecule has 1 atom stereocenters. The summed E-state index contributed by atoms with van der Waals surface area (Å²) >= 11 is 7.81. The molecule has 2 aliphatic heterocycles. The number of thioether (sulfide) groups is 1. The van der Waals surface area contributed by atoms with E-state index in [1.807, 2.05) is 35.4 Å². The highest BCUT2D eigenvalue weighted by Crippen LogP contribution is 2.45. The number of halogens is 1. The number of allylic oxidation sites excluding steroid dienone is 1. The Morgan fingerprint density at radius 3 is 2.61 bits per heavy atom. The van der Waals surface area contributed by atoms with Crippen molar-refractivity contribution in [2.24, 2.45) is 10.9 Å². The highest BCUT2D eigenvalue weighted by atomic mass is 35.5. The predicted molar refractivity (Wildman–Crippen MR) is 146 cm³/mol. The first kappa shape index (κ1) is 25.9. The molecule has 0 spiro atoms. The van der Waals surface area contributed by atoms with E-state index in [2.05, 4.69) is 24.5 Å². The van der Waals surface area contributed by atoms with Crippen LogP contribution in [-0.2, 0) is 9.59 Å². The third-order valence-electron chi connectivity index (χ3n) is 5.81. The van der Waals surface area contributed by atoms with Crippen LogP contribution in [0.3, 0.4) is 0 Å². The third-order valence-corrected chi connectivity index (χ3v) is 6.93. The molecule has 2 aromatic carbocycles. The van der Waals surface area contributed by atoms with E-state index in [4.69, 9.17) is 21.3 Å². The SMILES string of the molecule is COc1ccc(NC(=O)C2=C(C)N=C3SC=C(CC(=O)NCC(C)C)N3[C@@H]2c2cccc(Cl)c2)cc1. The fourth-order valence-electron chi connectivity index (χ4n) is 4.07. The second kappa shape index (κ2) is 11.2. The lowest BCUT2D eigenvalue weighted by Crippen LogP contribution is -2.39. The average molecular weight is 525 g/mol. The normalized spacial score (nSPS) is 16.9. The molecular weight excluding hydrogens is 496 g/mol. The lowest BCUT2D eigenvalue weighted by Gasteiger charge is -2.36. The number of amides is 2. The molecule has 0 bridgehead atoms. The van der Waals surface area contributed by atoms with E-state index in [1.165, 1.54) is 11.8 Å². The number of carbonyl (C=O) groups is 2. The number of nitrogens with zero attached hydrogens (tertiary/aromatic N) is 2. The summed E-state index contributed by atoms with van der Waals surface area (Å²) in [6.45, 7) is 6.54. The molecule has 0 saturated carbocycles. The van der Waals surface area contributed by atoms with Crippen LogP contribution in [0.1, 0.15) is 38.8 Å². The lowest BCUT2D eigenvalue weighted by molar-refractivity contribution is -0.120. The molecule has 36 heavy (non-hydrogen) atoms. The number of benzene rings is 2. The number of amidine groups is 1. The molecular formula is C27H29ClN4O3S. The second-order valence-electron chi connectivity index (χ2n) is 9.01. The molecule has 0 radical (unpaired) electrons. The van der Waals surface area contributed by atoms with Gasteiger partial charge in [0.1, 0.15) is 5.75 Å². The maximum atomic E-state index is 13.7. The van der Waals surface area contributed by atoms with Crippen molar-refractivity contribution in [1.29, 1.82) is 0 Å². The molecule has 9 heteroatoms. The molecule has 0 unspecified atom stereocenters. The van der Waals surface area contributed by atoms with Crippen molar-refractivity contribution in [2.75, 3.05) is 19.0 Å². The molecule has 2 aliphatic rings. The van der Waals surface area contributed by atoms with Gasteiger partial charge in [-0.1, -0.05) is 49.3 Å².